The van der Waals surface area contributed by atoms with Crippen LogP contribution in [0.3, 0.4) is 0 Å². The molecule has 1 unspecified atom stereocenters. The Morgan fingerprint density at radius 2 is 1.87 bits per heavy atom. The molecular formula is C22H24N6O3. The lowest BCUT2D eigenvalue weighted by Gasteiger charge is -2.22. The average molecular weight is 420 g/mol. The van der Waals surface area contributed by atoms with Gasteiger partial charge in [-0.3, -0.25) is 4.98 Å². The van der Waals surface area contributed by atoms with E-state index in [1.165, 1.54) is 11.2 Å². The number of cyclic esters (lactones) is 1. The van der Waals surface area contributed by atoms with Crippen LogP contribution in [0.5, 0.6) is 11.5 Å². The van der Waals surface area contributed by atoms with Crippen LogP contribution in [0, 0.1) is 5.92 Å². The van der Waals surface area contributed by atoms with Gasteiger partial charge in [-0.1, -0.05) is 32.0 Å². The van der Waals surface area contributed by atoms with E-state index in [1.54, 1.807) is 6.20 Å². The Bertz CT molecular complexity index is 1030. The maximum absolute atomic E-state index is 12.2. The molecule has 1 aliphatic heterocycles. The predicted octanol–water partition coefficient (Wildman–Crippen LogP) is 4.21. The van der Waals surface area contributed by atoms with Crippen LogP contribution >= 0.6 is 0 Å². The van der Waals surface area contributed by atoms with Gasteiger partial charge in [0.2, 0.25) is 11.9 Å². The summed E-state index contributed by atoms with van der Waals surface area (Å²) >= 11 is 0. The molecule has 3 aromatic rings. The van der Waals surface area contributed by atoms with Crippen molar-refractivity contribution >= 4 is 18.0 Å². The molecule has 9 nitrogen and oxygen atoms in total. The average Bonchev–Trinajstić information content (AvgIpc) is 3.17. The highest BCUT2D eigenvalue weighted by atomic mass is 16.6. The van der Waals surface area contributed by atoms with E-state index in [0.717, 1.165) is 11.4 Å². The van der Waals surface area contributed by atoms with E-state index in [0.29, 0.717) is 18.3 Å². The van der Waals surface area contributed by atoms with Gasteiger partial charge < -0.3 is 14.8 Å². The SMILES string of the molecule is CC(C)C1COC(=O)N1c1ncnc(N[C@@H](C)c2ccc(Oc3ccccc3)cn2)n1. The first-order valence-electron chi connectivity index (χ1n) is 10.1. The Hall–Kier alpha value is -3.75. The summed E-state index contributed by atoms with van der Waals surface area (Å²) < 4.78 is 11.0. The van der Waals surface area contributed by atoms with E-state index < -0.39 is 6.09 Å². The summed E-state index contributed by atoms with van der Waals surface area (Å²) in [4.78, 5) is 30.9. The van der Waals surface area contributed by atoms with Gasteiger partial charge in [-0.15, -0.1) is 0 Å². The highest BCUT2D eigenvalue weighted by molar-refractivity contribution is 5.88. The van der Waals surface area contributed by atoms with Crippen LogP contribution < -0.4 is 15.0 Å². The van der Waals surface area contributed by atoms with Crippen LogP contribution in [0.1, 0.15) is 32.5 Å². The molecular weight excluding hydrogens is 396 g/mol. The van der Waals surface area contributed by atoms with Crippen LogP contribution in [0.2, 0.25) is 0 Å². The third-order valence-electron chi connectivity index (χ3n) is 4.98. The quantitative estimate of drug-likeness (QED) is 0.606. The molecule has 1 N–H and O–H groups in total. The van der Waals surface area contributed by atoms with Gasteiger partial charge >= 0.3 is 6.09 Å². The molecule has 3 heterocycles. The number of nitrogens with one attached hydrogen (secondary N) is 1. The van der Waals surface area contributed by atoms with Crippen molar-refractivity contribution in [3.05, 3.63) is 60.7 Å². The summed E-state index contributed by atoms with van der Waals surface area (Å²) in [7, 11) is 0. The summed E-state index contributed by atoms with van der Waals surface area (Å²) in [5.41, 5.74) is 0.794. The number of carbonyl (C=O) groups excluding carboxylic acids is 1. The predicted molar refractivity (Wildman–Crippen MR) is 115 cm³/mol. The van der Waals surface area contributed by atoms with Gasteiger partial charge in [-0.2, -0.15) is 4.98 Å². The molecule has 160 valence electrons. The first kappa shape index (κ1) is 20.5. The van der Waals surface area contributed by atoms with Crippen molar-refractivity contribution in [3.63, 3.8) is 0 Å². The first-order chi connectivity index (χ1) is 15.0. The molecule has 2 aromatic heterocycles. The third kappa shape index (κ3) is 4.71. The van der Waals surface area contributed by atoms with Gasteiger partial charge in [0.05, 0.1) is 24.0 Å². The van der Waals surface area contributed by atoms with Crippen molar-refractivity contribution in [1.29, 1.82) is 0 Å². The fourth-order valence-corrected chi connectivity index (χ4v) is 3.23. The molecule has 2 atom stereocenters. The molecule has 0 aliphatic carbocycles. The van der Waals surface area contributed by atoms with Gasteiger partial charge in [0.1, 0.15) is 24.4 Å². The summed E-state index contributed by atoms with van der Waals surface area (Å²) in [6.07, 6.45) is 2.61. The van der Waals surface area contributed by atoms with Gasteiger partial charge in [0.15, 0.2) is 0 Å². The van der Waals surface area contributed by atoms with Crippen molar-refractivity contribution in [1.82, 2.24) is 19.9 Å². The number of para-hydroxylation sites is 1. The molecule has 31 heavy (non-hydrogen) atoms. The number of carbonyl (C=O) groups is 1. The molecule has 1 aromatic carbocycles. The molecule has 1 aliphatic rings. The Balaban J connectivity index is 1.44. The Morgan fingerprint density at radius 3 is 2.58 bits per heavy atom. The van der Waals surface area contributed by atoms with Crippen LogP contribution in [-0.4, -0.2) is 38.7 Å². The summed E-state index contributed by atoms with van der Waals surface area (Å²) in [5.74, 6) is 2.23. The van der Waals surface area contributed by atoms with Crippen molar-refractivity contribution in [2.45, 2.75) is 32.9 Å². The van der Waals surface area contributed by atoms with Crippen LogP contribution in [0.25, 0.3) is 0 Å². The van der Waals surface area contributed by atoms with Gasteiger partial charge in [-0.05, 0) is 37.1 Å². The van der Waals surface area contributed by atoms with Gasteiger partial charge in [0.25, 0.3) is 0 Å². The maximum Gasteiger partial charge on any atom is 0.417 e. The second-order valence-corrected chi connectivity index (χ2v) is 7.57. The smallest absolute Gasteiger partial charge is 0.417 e. The lowest BCUT2D eigenvalue weighted by molar-refractivity contribution is 0.177. The van der Waals surface area contributed by atoms with E-state index in [4.69, 9.17) is 9.47 Å². The molecule has 0 bridgehead atoms. The van der Waals surface area contributed by atoms with E-state index in [9.17, 15) is 4.79 Å². The number of hydrogen-bond acceptors (Lipinski definition) is 8. The number of aromatic nitrogens is 4. The number of rotatable bonds is 7. The topological polar surface area (TPSA) is 102 Å². The molecule has 1 fully saturated rings. The highest BCUT2D eigenvalue weighted by Crippen LogP contribution is 2.26. The molecule has 1 saturated heterocycles. The largest absolute Gasteiger partial charge is 0.456 e. The zero-order valence-electron chi connectivity index (χ0n) is 17.6. The fraction of sp³-hybridized carbons (Fsp3) is 0.318. The second-order valence-electron chi connectivity index (χ2n) is 7.57. The van der Waals surface area contributed by atoms with E-state index >= 15 is 0 Å². The molecule has 0 radical (unpaired) electrons. The van der Waals surface area contributed by atoms with Gasteiger partial charge in [-0.25, -0.2) is 19.7 Å². The minimum Gasteiger partial charge on any atom is -0.456 e. The minimum atomic E-state index is -0.445. The van der Waals surface area contributed by atoms with Crippen molar-refractivity contribution in [3.8, 4) is 11.5 Å². The number of ether oxygens (including phenoxy) is 2. The maximum atomic E-state index is 12.2. The Labute approximate surface area is 180 Å². The monoisotopic (exact) mass is 420 g/mol. The zero-order chi connectivity index (χ0) is 21.8. The van der Waals surface area contributed by atoms with Crippen molar-refractivity contribution in [2.75, 3.05) is 16.8 Å². The van der Waals surface area contributed by atoms with Crippen LogP contribution in [0.15, 0.2) is 55.0 Å². The first-order valence-corrected chi connectivity index (χ1v) is 10.1. The third-order valence-corrected chi connectivity index (χ3v) is 4.98. The number of hydrogen-bond donors (Lipinski definition) is 1. The number of nitrogens with zero attached hydrogens (tertiary/aromatic N) is 5. The van der Waals surface area contributed by atoms with E-state index in [-0.39, 0.29) is 23.9 Å². The molecule has 0 saturated carbocycles. The fourth-order valence-electron chi connectivity index (χ4n) is 3.23. The number of amides is 1. The zero-order valence-corrected chi connectivity index (χ0v) is 17.6. The number of benzene rings is 1. The van der Waals surface area contributed by atoms with E-state index in [1.807, 2.05) is 63.2 Å². The minimum absolute atomic E-state index is 0.112. The highest BCUT2D eigenvalue weighted by Gasteiger charge is 2.38. The lowest BCUT2D eigenvalue weighted by atomic mass is 10.1. The summed E-state index contributed by atoms with van der Waals surface area (Å²) in [6.45, 7) is 6.32. The Morgan fingerprint density at radius 1 is 1.06 bits per heavy atom. The molecule has 9 heteroatoms. The van der Waals surface area contributed by atoms with Crippen LogP contribution in [-0.2, 0) is 4.74 Å². The normalized spacial score (nSPS) is 16.8. The van der Waals surface area contributed by atoms with Crippen molar-refractivity contribution in [2.24, 2.45) is 5.92 Å². The number of pyridine rings is 1. The molecule has 0 spiro atoms. The lowest BCUT2D eigenvalue weighted by Crippen LogP contribution is -2.38. The van der Waals surface area contributed by atoms with Crippen LogP contribution in [0.4, 0.5) is 16.7 Å². The summed E-state index contributed by atoms with van der Waals surface area (Å²) in [5, 5.41) is 3.21. The standard InChI is InChI=1S/C22H24N6O3/c1-14(2)19-12-30-22(29)28(19)21-25-13-24-20(27-21)26-15(3)18-10-9-17(11-23-18)31-16-7-5-4-6-8-16/h4-11,13-15,19H,12H2,1-3H3,(H,24,25,26,27)/t15-,19?/m0/s1. The van der Waals surface area contributed by atoms with Gasteiger partial charge in [0, 0.05) is 0 Å². The molecule has 4 rings (SSSR count). The Kier molecular flexibility index (Phi) is 5.92. The number of anilines is 2. The van der Waals surface area contributed by atoms with E-state index in [2.05, 4.69) is 25.3 Å². The van der Waals surface area contributed by atoms with Crippen molar-refractivity contribution < 1.29 is 14.3 Å². The molecule has 1 amide bonds. The second kappa shape index (κ2) is 8.95. The summed E-state index contributed by atoms with van der Waals surface area (Å²) in [6, 6.07) is 13.0.